The van der Waals surface area contributed by atoms with Crippen LogP contribution in [0.3, 0.4) is 0 Å². The molecule has 0 aromatic heterocycles. The highest BCUT2D eigenvalue weighted by atomic mass is 127. The molecule has 2 fully saturated rings. The zero-order chi connectivity index (χ0) is 51.9. The summed E-state index contributed by atoms with van der Waals surface area (Å²) in [5, 5.41) is 18.2. The van der Waals surface area contributed by atoms with E-state index in [0.29, 0.717) is 23.6 Å². The molecule has 8 atom stereocenters. The summed E-state index contributed by atoms with van der Waals surface area (Å²) in [5.41, 5.74) is 13.5. The second kappa shape index (κ2) is 21.5. The van der Waals surface area contributed by atoms with E-state index in [1.165, 1.54) is 6.92 Å². The van der Waals surface area contributed by atoms with Crippen molar-refractivity contribution < 1.29 is 57.5 Å². The van der Waals surface area contributed by atoms with Crippen molar-refractivity contribution in [2.45, 2.75) is 138 Å². The van der Waals surface area contributed by atoms with Crippen molar-refractivity contribution in [1.82, 2.24) is 10.6 Å². The van der Waals surface area contributed by atoms with Crippen molar-refractivity contribution in [3.63, 3.8) is 0 Å². The van der Waals surface area contributed by atoms with Gasteiger partial charge in [0.15, 0.2) is 24.5 Å². The minimum Gasteiger partial charge on any atom is -0.511 e. The predicted molar refractivity (Wildman–Crippen MR) is 275 cm³/mol. The summed E-state index contributed by atoms with van der Waals surface area (Å²) in [5.74, 6) is -3.84. The Morgan fingerprint density at radius 1 is 0.875 bits per heavy atom. The molecule has 0 saturated carbocycles. The van der Waals surface area contributed by atoms with Gasteiger partial charge in [-0.2, -0.15) is 0 Å². The number of carbonyl (C=O) groups is 5. The van der Waals surface area contributed by atoms with Gasteiger partial charge in [-0.25, -0.2) is 15.0 Å². The molecule has 6 aliphatic heterocycles. The van der Waals surface area contributed by atoms with Crippen LogP contribution in [-0.4, -0.2) is 95.4 Å². The van der Waals surface area contributed by atoms with Gasteiger partial charge in [-0.05, 0) is 121 Å². The van der Waals surface area contributed by atoms with Gasteiger partial charge in [-0.3, -0.25) is 24.0 Å². The number of amides is 1. The Balaban J connectivity index is 1.15. The molecule has 18 heteroatoms. The topological polar surface area (TPSA) is 222 Å². The van der Waals surface area contributed by atoms with E-state index in [2.05, 4.69) is 73.1 Å². The van der Waals surface area contributed by atoms with Gasteiger partial charge in [0.1, 0.15) is 18.5 Å². The van der Waals surface area contributed by atoms with Crippen LogP contribution in [0.5, 0.6) is 0 Å². The number of esters is 4. The number of rotatable bonds is 14. The number of hydrogen-bond acceptors (Lipinski definition) is 16. The molecule has 7 aliphatic rings. The zero-order valence-electron chi connectivity index (χ0n) is 42.1. The third-order valence-corrected chi connectivity index (χ3v) is 14.5. The highest BCUT2D eigenvalue weighted by Gasteiger charge is 2.53. The highest BCUT2D eigenvalue weighted by molar-refractivity contribution is 14.1. The van der Waals surface area contributed by atoms with Gasteiger partial charge in [-0.1, -0.05) is 26.0 Å². The van der Waals surface area contributed by atoms with Crippen LogP contribution in [0, 0.1) is 15.4 Å². The maximum atomic E-state index is 14.3. The second-order valence-electron chi connectivity index (χ2n) is 18.8. The number of benzene rings is 1. The summed E-state index contributed by atoms with van der Waals surface area (Å²) in [4.78, 5) is 79.1. The molecule has 1 unspecified atom stereocenters. The van der Waals surface area contributed by atoms with Crippen LogP contribution in [-0.2, 0) is 59.0 Å². The standard InChI is InChI=1S/C54H60IN5O12/c1-11-35-24(2)38-21-43-47(28(6)67-22-33-13-12-14-34(55)17-33)26(4)40(57-43)19-39-25(3)36(49(58-39)37-18-44(65)48-27(5)41(59-50(37)48)20-42(35)56-38)15-16-46(66)60-54-53(71-32(10)64)52(70-31(9)63)51(69-30(8)62)45(72-54)23-68-29(7)61/h12-14,17,19-21,25,28,36,45,51-54,58,65H,11,15-16,18,22-23H2,1-10H3,(H,60,66)/t25-,28?,36-,45+,51-,52-,53+,54+/m0/s1. The van der Waals surface area contributed by atoms with E-state index in [-0.39, 0.29) is 43.0 Å². The molecular weight excluding hydrogens is 1040 g/mol. The Morgan fingerprint density at radius 3 is 2.24 bits per heavy atom. The summed E-state index contributed by atoms with van der Waals surface area (Å²) < 4.78 is 35.8. The SMILES string of the molecule is CCC1=C(C)C2=NC1=CC1=C(C)C3=C(O)CC(=C4NC(=CC5=NC(=C2)C(C(C)OCc2cccc(I)c2)=C5C)[C@@H](C)[C@@H]4CCC(=O)N[C@@H]2O[C@H](COC(C)=O)[C@H](OC(C)=O)[C@H](OC(C)=O)[C@H]2OC(C)=O)C3=N1. The largest absolute Gasteiger partial charge is 0.511 e. The molecular formula is C54H60IN5O12. The predicted octanol–water partition coefficient (Wildman–Crippen LogP) is 7.85. The van der Waals surface area contributed by atoms with Crippen LogP contribution in [0.25, 0.3) is 0 Å². The van der Waals surface area contributed by atoms with Crippen LogP contribution >= 0.6 is 22.6 Å². The molecule has 6 heterocycles. The number of halogens is 1. The minimum atomic E-state index is -1.47. The second-order valence-corrected chi connectivity index (χ2v) is 20.1. The molecule has 72 heavy (non-hydrogen) atoms. The lowest BCUT2D eigenvalue weighted by atomic mass is 9.86. The van der Waals surface area contributed by atoms with Gasteiger partial charge < -0.3 is 44.2 Å². The number of aliphatic hydroxyl groups is 1. The van der Waals surface area contributed by atoms with Gasteiger partial charge in [-0.15, -0.1) is 0 Å². The van der Waals surface area contributed by atoms with E-state index < -0.39 is 67.0 Å². The molecule has 1 aromatic rings. The summed E-state index contributed by atoms with van der Waals surface area (Å²) in [6.45, 7) is 16.9. The number of aliphatic imine (C=N–C) groups is 3. The number of allylic oxidation sites excluding steroid dienone is 11. The molecule has 380 valence electrons. The Morgan fingerprint density at radius 2 is 1.56 bits per heavy atom. The van der Waals surface area contributed by atoms with E-state index in [0.717, 1.165) is 104 Å². The fourth-order valence-corrected chi connectivity index (χ4v) is 11.0. The average Bonchev–Trinajstić information content (AvgIpc) is 4.07. The zero-order valence-corrected chi connectivity index (χ0v) is 44.2. The summed E-state index contributed by atoms with van der Waals surface area (Å²) in [6, 6.07) is 8.22. The fourth-order valence-electron chi connectivity index (χ4n) is 10.4. The monoisotopic (exact) mass is 1100 g/mol. The van der Waals surface area contributed by atoms with Gasteiger partial charge in [0, 0.05) is 84.1 Å². The van der Waals surface area contributed by atoms with Gasteiger partial charge in [0.2, 0.25) is 5.91 Å². The third-order valence-electron chi connectivity index (χ3n) is 13.9. The van der Waals surface area contributed by atoms with Crippen LogP contribution < -0.4 is 10.6 Å². The lowest BCUT2D eigenvalue weighted by molar-refractivity contribution is -0.257. The van der Waals surface area contributed by atoms with Crippen LogP contribution in [0.1, 0.15) is 100 Å². The van der Waals surface area contributed by atoms with Crippen molar-refractivity contribution in [3.8, 4) is 0 Å². The van der Waals surface area contributed by atoms with E-state index in [9.17, 15) is 29.1 Å². The molecule has 0 spiro atoms. The first-order chi connectivity index (χ1) is 34.2. The Labute approximate surface area is 432 Å². The summed E-state index contributed by atoms with van der Waals surface area (Å²) in [6.07, 6.45) is -0.0366. The lowest BCUT2D eigenvalue weighted by Gasteiger charge is -2.44. The summed E-state index contributed by atoms with van der Waals surface area (Å²) in [7, 11) is 0. The van der Waals surface area contributed by atoms with Crippen molar-refractivity contribution >= 4 is 69.5 Å². The first-order valence-corrected chi connectivity index (χ1v) is 25.2. The molecule has 0 radical (unpaired) electrons. The fraction of sp³-hybridized carbons (Fsp3) is 0.444. The number of nitrogens with zero attached hydrogens (tertiary/aromatic N) is 3. The van der Waals surface area contributed by atoms with E-state index >= 15 is 0 Å². The maximum Gasteiger partial charge on any atom is 0.303 e. The Hall–Kier alpha value is -6.25. The Kier molecular flexibility index (Phi) is 15.5. The summed E-state index contributed by atoms with van der Waals surface area (Å²) >= 11 is 2.30. The number of fused-ring (bicyclic) bond motifs is 5. The molecule has 1 amide bonds. The third kappa shape index (κ3) is 10.8. The molecule has 1 aliphatic carbocycles. The van der Waals surface area contributed by atoms with Crippen molar-refractivity contribution in [3.05, 3.63) is 125 Å². The highest BCUT2D eigenvalue weighted by Crippen LogP contribution is 2.47. The molecule has 8 bridgehead atoms. The number of aliphatic hydroxyl groups excluding tert-OH is 1. The Bertz CT molecular complexity index is 2890. The van der Waals surface area contributed by atoms with Gasteiger partial charge >= 0.3 is 23.9 Å². The minimum absolute atomic E-state index is 0.0706. The number of ether oxygens (including phenoxy) is 6. The molecule has 3 N–H and O–H groups in total. The van der Waals surface area contributed by atoms with Gasteiger partial charge in [0.25, 0.3) is 0 Å². The molecule has 17 nitrogen and oxygen atoms in total. The number of carbonyl (C=O) groups excluding carboxylic acids is 5. The lowest BCUT2D eigenvalue weighted by Crippen LogP contribution is -2.66. The molecule has 2 saturated heterocycles. The normalized spacial score (nSPS) is 25.8. The first-order valence-electron chi connectivity index (χ1n) is 24.2. The smallest absolute Gasteiger partial charge is 0.303 e. The van der Waals surface area contributed by atoms with E-state index in [1.807, 2.05) is 44.2 Å². The van der Waals surface area contributed by atoms with E-state index in [4.69, 9.17) is 43.4 Å². The van der Waals surface area contributed by atoms with Crippen LogP contribution in [0.15, 0.2) is 131 Å². The van der Waals surface area contributed by atoms with Crippen LogP contribution in [0.4, 0.5) is 0 Å². The maximum absolute atomic E-state index is 14.3. The number of hydrogen-bond donors (Lipinski definition) is 3. The molecule has 8 rings (SSSR count). The average molecular weight is 1100 g/mol. The molecule has 1 aromatic carbocycles. The van der Waals surface area contributed by atoms with Crippen LogP contribution in [0.2, 0.25) is 0 Å². The van der Waals surface area contributed by atoms with Crippen molar-refractivity contribution in [2.24, 2.45) is 26.8 Å². The van der Waals surface area contributed by atoms with Crippen molar-refractivity contribution in [1.29, 1.82) is 0 Å². The van der Waals surface area contributed by atoms with Gasteiger partial charge in [0.05, 0.1) is 46.9 Å². The van der Waals surface area contributed by atoms with E-state index in [1.54, 1.807) is 0 Å². The quantitative estimate of drug-likeness (QED) is 0.0919. The first kappa shape index (κ1) is 52.1. The number of nitrogens with one attached hydrogen (secondary N) is 2. The van der Waals surface area contributed by atoms with Crippen molar-refractivity contribution in [2.75, 3.05) is 6.61 Å².